The highest BCUT2D eigenvalue weighted by Gasteiger charge is 2.28. The van der Waals surface area contributed by atoms with Crippen LogP contribution < -0.4 is 10.6 Å². The zero-order chi connectivity index (χ0) is 20.8. The van der Waals surface area contributed by atoms with Gasteiger partial charge in [0.15, 0.2) is 0 Å². The van der Waals surface area contributed by atoms with Gasteiger partial charge in [-0.1, -0.05) is 0 Å². The van der Waals surface area contributed by atoms with Crippen molar-refractivity contribution < 1.29 is 0 Å². The molecule has 0 radical (unpaired) electrons. The fraction of sp³-hybridized carbons (Fsp3) is 0.760. The second kappa shape index (κ2) is 12.3. The molecular weight excluding hydrogens is 406 g/mol. The molecule has 0 saturated carbocycles. The van der Waals surface area contributed by atoms with Gasteiger partial charge in [0.2, 0.25) is 0 Å². The largest absolute Gasteiger partial charge is 0.317 e. The lowest BCUT2D eigenvalue weighted by Gasteiger charge is -2.39. The summed E-state index contributed by atoms with van der Waals surface area (Å²) in [6, 6.07) is 0.849. The summed E-state index contributed by atoms with van der Waals surface area (Å²) in [5, 5.41) is 6.85. The summed E-state index contributed by atoms with van der Waals surface area (Å²) in [5.74, 6) is 1.62. The molecular formula is C25H42ClN5. The molecule has 5 aliphatic heterocycles. The van der Waals surface area contributed by atoms with Gasteiger partial charge < -0.3 is 15.5 Å². The predicted molar refractivity (Wildman–Crippen MR) is 135 cm³/mol. The highest BCUT2D eigenvalue weighted by Crippen LogP contribution is 2.33. The Kier molecular flexibility index (Phi) is 9.76. The molecule has 2 N–H and O–H groups in total. The van der Waals surface area contributed by atoms with E-state index in [9.17, 15) is 0 Å². The lowest BCUT2D eigenvalue weighted by Crippen LogP contribution is -2.46. The second-order valence-electron chi connectivity index (χ2n) is 9.57. The van der Waals surface area contributed by atoms with Crippen LogP contribution in [-0.4, -0.2) is 62.6 Å². The fourth-order valence-corrected chi connectivity index (χ4v) is 5.90. The molecule has 5 rings (SSSR count). The number of hydrogen-bond donors (Lipinski definition) is 2. The normalized spacial score (nSPS) is 26.3. The number of hydrogen-bond acceptors (Lipinski definition) is 5. The van der Waals surface area contributed by atoms with Crippen molar-refractivity contribution in [2.45, 2.75) is 71.3 Å². The summed E-state index contributed by atoms with van der Waals surface area (Å²) >= 11 is 0. The van der Waals surface area contributed by atoms with Crippen LogP contribution >= 0.6 is 12.4 Å². The molecule has 5 aliphatic rings. The van der Waals surface area contributed by atoms with Crippen molar-refractivity contribution in [2.24, 2.45) is 21.8 Å². The van der Waals surface area contributed by atoms with Crippen LogP contribution in [0.5, 0.6) is 0 Å². The number of piperidine rings is 3. The lowest BCUT2D eigenvalue weighted by atomic mass is 9.86. The van der Waals surface area contributed by atoms with Gasteiger partial charge in [0.25, 0.3) is 0 Å². The fourth-order valence-electron chi connectivity index (χ4n) is 5.90. The van der Waals surface area contributed by atoms with Gasteiger partial charge in [0.05, 0.1) is 0 Å². The van der Waals surface area contributed by atoms with Crippen molar-refractivity contribution in [3.63, 3.8) is 0 Å². The molecule has 0 unspecified atom stereocenters. The van der Waals surface area contributed by atoms with Crippen LogP contribution in [0.4, 0.5) is 0 Å². The van der Waals surface area contributed by atoms with E-state index >= 15 is 0 Å². The quantitative estimate of drug-likeness (QED) is 0.675. The summed E-state index contributed by atoms with van der Waals surface area (Å²) in [5.41, 5.74) is 5.80. The van der Waals surface area contributed by atoms with E-state index in [4.69, 9.17) is 0 Å². The topological polar surface area (TPSA) is 52.0 Å². The molecule has 0 amide bonds. The van der Waals surface area contributed by atoms with E-state index in [0.29, 0.717) is 0 Å². The minimum absolute atomic E-state index is 0. The van der Waals surface area contributed by atoms with E-state index in [2.05, 4.69) is 45.6 Å². The zero-order valence-electron chi connectivity index (χ0n) is 19.5. The molecule has 0 aliphatic carbocycles. The Balaban J connectivity index is 0.000000183. The van der Waals surface area contributed by atoms with Gasteiger partial charge in [0, 0.05) is 42.7 Å². The summed E-state index contributed by atoms with van der Waals surface area (Å²) in [6.45, 7) is 11.7. The average Bonchev–Trinajstić information content (AvgIpc) is 3.43. The van der Waals surface area contributed by atoms with Crippen molar-refractivity contribution in [1.29, 1.82) is 0 Å². The predicted octanol–water partition coefficient (Wildman–Crippen LogP) is 4.36. The molecule has 0 bridgehead atoms. The van der Waals surface area contributed by atoms with Gasteiger partial charge in [-0.15, -0.1) is 12.4 Å². The standard InChI is InChI=1S/C15H25N3.C10H16N2.ClH/c1-12-15(4-9-17-12)13-5-10-18(11-6-13)14-2-7-16-8-3-14;1-8-10(4-7-12-8)9-2-5-11-6-3-9;/h9,13-14,16H,2-8,10-11H2,1H3;7,9,11H,2-6H2,1H3;1H. The average molecular weight is 448 g/mol. The number of rotatable bonds is 3. The van der Waals surface area contributed by atoms with Crippen molar-refractivity contribution in [3.05, 3.63) is 22.5 Å². The Morgan fingerprint density at radius 2 is 1.16 bits per heavy atom. The second-order valence-corrected chi connectivity index (χ2v) is 9.57. The summed E-state index contributed by atoms with van der Waals surface area (Å²) in [7, 11) is 0. The molecule has 3 saturated heterocycles. The molecule has 0 atom stereocenters. The summed E-state index contributed by atoms with van der Waals surface area (Å²) < 4.78 is 0. The summed E-state index contributed by atoms with van der Waals surface area (Å²) in [4.78, 5) is 11.5. The van der Waals surface area contributed by atoms with Crippen LogP contribution in [0.15, 0.2) is 32.5 Å². The van der Waals surface area contributed by atoms with Crippen LogP contribution in [-0.2, 0) is 0 Å². The van der Waals surface area contributed by atoms with E-state index in [0.717, 1.165) is 30.7 Å². The van der Waals surface area contributed by atoms with Crippen LogP contribution in [0.3, 0.4) is 0 Å². The van der Waals surface area contributed by atoms with E-state index in [1.807, 2.05) is 6.21 Å². The van der Waals surface area contributed by atoms with Crippen LogP contribution in [0, 0.1) is 11.8 Å². The summed E-state index contributed by atoms with van der Waals surface area (Å²) in [6.07, 6.45) is 14.3. The van der Waals surface area contributed by atoms with Crippen LogP contribution in [0.25, 0.3) is 0 Å². The first-order valence-electron chi connectivity index (χ1n) is 12.3. The molecule has 5 nitrogen and oxygen atoms in total. The Morgan fingerprint density at radius 3 is 1.61 bits per heavy atom. The third-order valence-corrected chi connectivity index (χ3v) is 7.80. The SMILES string of the molecule is CC1=C(C2CCN(C3CCNCC3)CC2)CC=N1.CC1=C(C2CCNCC2)CC=N1.Cl. The minimum atomic E-state index is 0. The third kappa shape index (κ3) is 6.50. The van der Waals surface area contributed by atoms with E-state index in [-0.39, 0.29) is 12.4 Å². The maximum Gasteiger partial charge on any atom is 0.0367 e. The first kappa shape index (κ1) is 24.6. The molecule has 0 spiro atoms. The molecule has 174 valence electrons. The van der Waals surface area contributed by atoms with Gasteiger partial charge in [-0.2, -0.15) is 0 Å². The maximum absolute atomic E-state index is 4.43. The molecule has 3 fully saturated rings. The smallest absolute Gasteiger partial charge is 0.0367 e. The van der Waals surface area contributed by atoms with Crippen molar-refractivity contribution >= 4 is 24.8 Å². The Morgan fingerprint density at radius 1 is 0.710 bits per heavy atom. The molecule has 5 heterocycles. The first-order valence-corrected chi connectivity index (χ1v) is 12.3. The van der Waals surface area contributed by atoms with Gasteiger partial charge in [-0.05, 0) is 115 Å². The monoisotopic (exact) mass is 447 g/mol. The van der Waals surface area contributed by atoms with Crippen molar-refractivity contribution in [1.82, 2.24) is 15.5 Å². The van der Waals surface area contributed by atoms with E-state index in [1.165, 1.54) is 89.2 Å². The molecule has 0 aromatic rings. The number of likely N-dealkylation sites (tertiary alicyclic amines) is 1. The highest BCUT2D eigenvalue weighted by atomic mass is 35.5. The van der Waals surface area contributed by atoms with Gasteiger partial charge in [0.1, 0.15) is 0 Å². The van der Waals surface area contributed by atoms with Crippen molar-refractivity contribution in [2.75, 3.05) is 39.3 Å². The van der Waals surface area contributed by atoms with Crippen molar-refractivity contribution in [3.8, 4) is 0 Å². The van der Waals surface area contributed by atoms with E-state index in [1.54, 1.807) is 11.1 Å². The zero-order valence-corrected chi connectivity index (χ0v) is 20.4. The van der Waals surface area contributed by atoms with Crippen LogP contribution in [0.2, 0.25) is 0 Å². The van der Waals surface area contributed by atoms with E-state index < -0.39 is 0 Å². The Bertz CT molecular complexity index is 691. The minimum Gasteiger partial charge on any atom is -0.317 e. The molecule has 0 aromatic heterocycles. The van der Waals surface area contributed by atoms with Gasteiger partial charge in [-0.3, -0.25) is 9.98 Å². The van der Waals surface area contributed by atoms with Crippen LogP contribution in [0.1, 0.15) is 65.2 Å². The third-order valence-electron chi connectivity index (χ3n) is 7.80. The first-order chi connectivity index (χ1) is 14.7. The number of nitrogens with zero attached hydrogens (tertiary/aromatic N) is 3. The van der Waals surface area contributed by atoms with Gasteiger partial charge >= 0.3 is 0 Å². The highest BCUT2D eigenvalue weighted by molar-refractivity contribution is 5.85. The molecule has 6 heteroatoms. The van der Waals surface area contributed by atoms with Gasteiger partial charge in [-0.25, -0.2) is 0 Å². The molecule has 31 heavy (non-hydrogen) atoms. The number of nitrogens with one attached hydrogen (secondary N) is 2. The number of halogens is 1. The molecule has 0 aromatic carbocycles. The number of allylic oxidation sites excluding steroid dienone is 4. The maximum atomic E-state index is 4.43. The lowest BCUT2D eigenvalue weighted by molar-refractivity contribution is 0.119. The Hall–Kier alpha value is -1.01. The Labute approximate surface area is 195 Å². The number of aliphatic imine (C=N–C) groups is 2.